The Morgan fingerprint density at radius 2 is 1.96 bits per heavy atom. The summed E-state index contributed by atoms with van der Waals surface area (Å²) in [5, 5.41) is 3.27. The second kappa shape index (κ2) is 6.25. The van der Waals surface area contributed by atoms with Crippen molar-refractivity contribution in [2.24, 2.45) is 0 Å². The van der Waals surface area contributed by atoms with Crippen molar-refractivity contribution in [3.05, 3.63) is 71.4 Å². The first-order chi connectivity index (χ1) is 11.7. The van der Waals surface area contributed by atoms with E-state index in [0.717, 1.165) is 29.3 Å². The predicted octanol–water partition coefficient (Wildman–Crippen LogP) is 3.38. The zero-order valence-electron chi connectivity index (χ0n) is 14.0. The number of nitrogens with two attached hydrogens (primary N) is 1. The summed E-state index contributed by atoms with van der Waals surface area (Å²) in [5.74, 6) is 0.204. The maximum Gasteiger partial charge on any atom is 0.221 e. The molecule has 122 valence electrons. The number of hydrogen-bond acceptors (Lipinski definition) is 1. The second-order valence-corrected chi connectivity index (χ2v) is 6.79. The van der Waals surface area contributed by atoms with Gasteiger partial charge in [-0.3, -0.25) is 4.79 Å². The summed E-state index contributed by atoms with van der Waals surface area (Å²) >= 11 is 0. The fraction of sp³-hybridized carbons (Fsp3) is 0.286. The Hall–Kier alpha value is -2.39. The van der Waals surface area contributed by atoms with Gasteiger partial charge in [0.2, 0.25) is 5.78 Å². The molecule has 0 spiro atoms. The van der Waals surface area contributed by atoms with Crippen molar-refractivity contribution < 1.29 is 10.1 Å². The summed E-state index contributed by atoms with van der Waals surface area (Å²) in [5.41, 5.74) is 4.67. The van der Waals surface area contributed by atoms with Crippen LogP contribution in [0, 0.1) is 0 Å². The molecule has 2 aromatic carbocycles. The number of carbonyl (C=O) groups is 1. The third-order valence-corrected chi connectivity index (χ3v) is 5.21. The van der Waals surface area contributed by atoms with Gasteiger partial charge < -0.3 is 10.3 Å². The van der Waals surface area contributed by atoms with Crippen LogP contribution >= 0.6 is 0 Å². The Kier molecular flexibility index (Phi) is 3.95. The summed E-state index contributed by atoms with van der Waals surface area (Å²) in [7, 11) is 0. The van der Waals surface area contributed by atoms with E-state index in [1.807, 2.05) is 37.4 Å². The van der Waals surface area contributed by atoms with Gasteiger partial charge in [0.15, 0.2) is 0 Å². The zero-order valence-corrected chi connectivity index (χ0v) is 14.0. The van der Waals surface area contributed by atoms with Crippen molar-refractivity contribution in [3.8, 4) is 0 Å². The lowest BCUT2D eigenvalue weighted by Crippen LogP contribution is -2.92. The molecule has 4 rings (SSSR count). The van der Waals surface area contributed by atoms with Crippen molar-refractivity contribution in [3.63, 3.8) is 0 Å². The predicted molar refractivity (Wildman–Crippen MR) is 96.1 cm³/mol. The molecular weight excluding hydrogens is 296 g/mol. The minimum atomic E-state index is -0.0830. The number of aryl methyl sites for hydroxylation is 1. The lowest BCUT2D eigenvalue weighted by molar-refractivity contribution is -0.713. The number of aromatic amines is 1. The number of rotatable bonds is 4. The van der Waals surface area contributed by atoms with E-state index in [0.29, 0.717) is 6.04 Å². The van der Waals surface area contributed by atoms with E-state index < -0.39 is 0 Å². The normalized spacial score (nSPS) is 18.3. The summed E-state index contributed by atoms with van der Waals surface area (Å²) in [6.07, 6.45) is 5.35. The van der Waals surface area contributed by atoms with Gasteiger partial charge in [0.05, 0.1) is 0 Å². The molecule has 0 bridgehead atoms. The minimum absolute atomic E-state index is 0.0830. The number of aromatic nitrogens is 1. The molecule has 1 aliphatic carbocycles. The van der Waals surface area contributed by atoms with Gasteiger partial charge in [-0.15, -0.1) is 0 Å². The van der Waals surface area contributed by atoms with Crippen LogP contribution in [0.4, 0.5) is 0 Å². The molecule has 3 N–H and O–H groups in total. The minimum Gasteiger partial charge on any atom is -0.360 e. The lowest BCUT2D eigenvalue weighted by Gasteiger charge is -2.25. The number of nitrogens with one attached hydrogen (secondary N) is 1. The van der Waals surface area contributed by atoms with Crippen LogP contribution in [-0.2, 0) is 6.42 Å². The fourth-order valence-corrected chi connectivity index (χ4v) is 3.95. The molecule has 1 aromatic heterocycles. The van der Waals surface area contributed by atoms with Gasteiger partial charge in [-0.2, -0.15) is 0 Å². The van der Waals surface area contributed by atoms with E-state index in [2.05, 4.69) is 34.6 Å². The van der Waals surface area contributed by atoms with Crippen molar-refractivity contribution in [2.75, 3.05) is 0 Å². The van der Waals surface area contributed by atoms with Gasteiger partial charge in [-0.05, 0) is 31.4 Å². The van der Waals surface area contributed by atoms with Crippen LogP contribution < -0.4 is 5.32 Å². The van der Waals surface area contributed by atoms with E-state index >= 15 is 0 Å². The van der Waals surface area contributed by atoms with Gasteiger partial charge >= 0.3 is 0 Å². The van der Waals surface area contributed by atoms with Gasteiger partial charge in [0.1, 0.15) is 12.1 Å². The molecule has 3 aromatic rings. The van der Waals surface area contributed by atoms with Crippen LogP contribution in [0.2, 0.25) is 0 Å². The molecule has 0 radical (unpaired) electrons. The third-order valence-electron chi connectivity index (χ3n) is 5.21. The largest absolute Gasteiger partial charge is 0.360 e. The van der Waals surface area contributed by atoms with Gasteiger partial charge in [-0.1, -0.05) is 42.5 Å². The zero-order chi connectivity index (χ0) is 16.5. The molecule has 0 saturated heterocycles. The Morgan fingerprint density at radius 1 is 1.17 bits per heavy atom. The third kappa shape index (κ3) is 2.65. The van der Waals surface area contributed by atoms with Crippen LogP contribution in [0.15, 0.2) is 54.7 Å². The summed E-state index contributed by atoms with van der Waals surface area (Å²) in [6.45, 7) is 2.03. The summed E-state index contributed by atoms with van der Waals surface area (Å²) < 4.78 is 0. The van der Waals surface area contributed by atoms with Gasteiger partial charge in [-0.25, -0.2) is 0 Å². The van der Waals surface area contributed by atoms with Crippen molar-refractivity contribution in [1.82, 2.24) is 4.98 Å². The van der Waals surface area contributed by atoms with Crippen LogP contribution in [-0.4, -0.2) is 16.8 Å². The van der Waals surface area contributed by atoms with E-state index in [1.165, 1.54) is 17.5 Å². The number of para-hydroxylation sites is 1. The number of fused-ring (bicyclic) bond motifs is 2. The summed E-state index contributed by atoms with van der Waals surface area (Å²) in [4.78, 5) is 16.2. The van der Waals surface area contributed by atoms with Crippen molar-refractivity contribution >= 4 is 16.7 Å². The topological polar surface area (TPSA) is 49.5 Å². The number of Topliss-reactive ketones (excluding diaryl/α,β-unsaturated/α-hetero) is 1. The average molecular weight is 319 g/mol. The molecule has 0 unspecified atom stereocenters. The highest BCUT2D eigenvalue weighted by Crippen LogP contribution is 2.27. The molecular formula is C21H23N2O+. The monoisotopic (exact) mass is 319 g/mol. The van der Waals surface area contributed by atoms with Crippen LogP contribution in [0.5, 0.6) is 0 Å². The Bertz CT molecular complexity index is 880. The second-order valence-electron chi connectivity index (χ2n) is 6.79. The fourth-order valence-electron chi connectivity index (χ4n) is 3.95. The number of ketones is 1. The van der Waals surface area contributed by atoms with E-state index in [1.54, 1.807) is 0 Å². The smallest absolute Gasteiger partial charge is 0.221 e. The first kappa shape index (κ1) is 15.2. The number of H-pyrrole nitrogens is 1. The number of benzene rings is 2. The molecule has 0 saturated carbocycles. The molecule has 0 fully saturated rings. The SMILES string of the molecule is C[C@H]([NH2+][C@@H]1CCCc2ccccc21)C(=O)c1c[nH]c2ccccc12. The van der Waals surface area contributed by atoms with Crippen LogP contribution in [0.1, 0.15) is 47.3 Å². The standard InChI is InChI=1S/C21H22N2O/c1-14(21(24)18-13-22-19-11-5-4-10-17(18)19)23-20-12-6-8-15-7-2-3-9-16(15)20/h2-5,7,9-11,13-14,20,22-23H,6,8,12H2,1H3/p+1/t14-,20+/m0/s1. The molecule has 0 amide bonds. The molecule has 3 heteroatoms. The molecule has 24 heavy (non-hydrogen) atoms. The van der Waals surface area contributed by atoms with Gasteiger partial charge in [0.25, 0.3) is 0 Å². The molecule has 2 atom stereocenters. The quantitative estimate of drug-likeness (QED) is 0.712. The van der Waals surface area contributed by atoms with Crippen LogP contribution in [0.25, 0.3) is 10.9 Å². The maximum atomic E-state index is 13.0. The highest BCUT2D eigenvalue weighted by Gasteiger charge is 2.28. The molecule has 0 aliphatic heterocycles. The highest BCUT2D eigenvalue weighted by molar-refractivity contribution is 6.09. The summed E-state index contributed by atoms with van der Waals surface area (Å²) in [6, 6.07) is 17.0. The van der Waals surface area contributed by atoms with Gasteiger partial charge in [0, 0.05) is 34.6 Å². The first-order valence-corrected chi connectivity index (χ1v) is 8.77. The number of quaternary nitrogens is 1. The molecule has 1 heterocycles. The molecule has 1 aliphatic rings. The van der Waals surface area contributed by atoms with Crippen LogP contribution in [0.3, 0.4) is 0 Å². The highest BCUT2D eigenvalue weighted by atomic mass is 16.1. The molecule has 3 nitrogen and oxygen atoms in total. The van der Waals surface area contributed by atoms with E-state index in [9.17, 15) is 4.79 Å². The number of carbonyl (C=O) groups excluding carboxylic acids is 1. The average Bonchev–Trinajstić information content (AvgIpc) is 3.05. The first-order valence-electron chi connectivity index (χ1n) is 8.77. The Morgan fingerprint density at radius 3 is 2.88 bits per heavy atom. The van der Waals surface area contributed by atoms with Crippen molar-refractivity contribution in [1.29, 1.82) is 0 Å². The Balaban J connectivity index is 1.57. The Labute approximate surface area is 142 Å². The lowest BCUT2D eigenvalue weighted by atomic mass is 9.87. The van der Waals surface area contributed by atoms with E-state index in [4.69, 9.17) is 0 Å². The van der Waals surface area contributed by atoms with Crippen molar-refractivity contribution in [2.45, 2.75) is 38.3 Å². The number of hydrogen-bond donors (Lipinski definition) is 2. The maximum absolute atomic E-state index is 13.0. The van der Waals surface area contributed by atoms with E-state index in [-0.39, 0.29) is 11.8 Å².